The first kappa shape index (κ1) is 13.3. The molecule has 3 atom stereocenters. The van der Waals surface area contributed by atoms with Gasteiger partial charge in [0.2, 0.25) is 5.91 Å². The number of nitrogens with one attached hydrogen (secondary N) is 1. The molecule has 2 heterocycles. The molecule has 1 saturated carbocycles. The quantitative estimate of drug-likeness (QED) is 0.925. The predicted molar refractivity (Wildman–Crippen MR) is 82.8 cm³/mol. The third-order valence-corrected chi connectivity index (χ3v) is 5.66. The first-order chi connectivity index (χ1) is 10.3. The van der Waals surface area contributed by atoms with Crippen LogP contribution in [0, 0.1) is 5.92 Å². The monoisotopic (exact) mass is 284 g/mol. The Balaban J connectivity index is 1.52. The van der Waals surface area contributed by atoms with Gasteiger partial charge in [-0.1, -0.05) is 30.3 Å². The summed E-state index contributed by atoms with van der Waals surface area (Å²) in [5, 5.41) is 3.28. The van der Waals surface area contributed by atoms with Crippen molar-refractivity contribution in [2.45, 2.75) is 56.7 Å². The fraction of sp³-hybridized carbons (Fsp3) is 0.611. The lowest BCUT2D eigenvalue weighted by molar-refractivity contribution is -0.126. The van der Waals surface area contributed by atoms with Gasteiger partial charge in [0.1, 0.15) is 0 Å². The summed E-state index contributed by atoms with van der Waals surface area (Å²) in [4.78, 5) is 15.2. The molecule has 0 bridgehead atoms. The van der Waals surface area contributed by atoms with E-state index in [1.807, 2.05) is 0 Å². The molecule has 0 spiro atoms. The second-order valence-corrected chi connectivity index (χ2v) is 6.85. The summed E-state index contributed by atoms with van der Waals surface area (Å²) < 4.78 is 0. The average Bonchev–Trinajstić information content (AvgIpc) is 3.05. The molecule has 21 heavy (non-hydrogen) atoms. The molecule has 1 aliphatic carbocycles. The van der Waals surface area contributed by atoms with Gasteiger partial charge in [0.05, 0.1) is 5.92 Å². The van der Waals surface area contributed by atoms with Crippen molar-refractivity contribution < 1.29 is 4.79 Å². The number of fused-ring (bicyclic) bond motifs is 1. The van der Waals surface area contributed by atoms with E-state index in [9.17, 15) is 4.79 Å². The lowest BCUT2D eigenvalue weighted by atomic mass is 9.90. The van der Waals surface area contributed by atoms with Crippen LogP contribution in [-0.2, 0) is 4.79 Å². The fourth-order valence-electron chi connectivity index (χ4n) is 4.31. The van der Waals surface area contributed by atoms with Gasteiger partial charge in [0.15, 0.2) is 0 Å². The molecule has 3 heteroatoms. The number of carbonyl (C=O) groups excluding carboxylic acids is 1. The van der Waals surface area contributed by atoms with Crippen molar-refractivity contribution in [2.24, 2.45) is 5.92 Å². The Kier molecular flexibility index (Phi) is 3.46. The van der Waals surface area contributed by atoms with Gasteiger partial charge in [0, 0.05) is 18.1 Å². The summed E-state index contributed by atoms with van der Waals surface area (Å²) in [5.74, 6) is 0.508. The number of carbonyl (C=O) groups is 1. The summed E-state index contributed by atoms with van der Waals surface area (Å²) in [6, 6.07) is 12.1. The van der Waals surface area contributed by atoms with E-state index < -0.39 is 0 Å². The minimum atomic E-state index is 0.193. The molecule has 112 valence electrons. The first-order valence-electron chi connectivity index (χ1n) is 8.44. The van der Waals surface area contributed by atoms with E-state index in [0.29, 0.717) is 24.0 Å². The third-order valence-electron chi connectivity index (χ3n) is 5.66. The highest BCUT2D eigenvalue weighted by atomic mass is 16.2. The van der Waals surface area contributed by atoms with Gasteiger partial charge < -0.3 is 5.32 Å². The van der Waals surface area contributed by atoms with Gasteiger partial charge in [-0.2, -0.15) is 0 Å². The van der Waals surface area contributed by atoms with Crippen molar-refractivity contribution in [3.63, 3.8) is 0 Å². The van der Waals surface area contributed by atoms with Gasteiger partial charge in [-0.15, -0.1) is 0 Å². The molecule has 2 saturated heterocycles. The van der Waals surface area contributed by atoms with Crippen molar-refractivity contribution in [3.8, 4) is 0 Å². The second kappa shape index (κ2) is 5.45. The number of hydrogen-bond donors (Lipinski definition) is 1. The maximum absolute atomic E-state index is 12.6. The topological polar surface area (TPSA) is 32.3 Å². The summed E-state index contributed by atoms with van der Waals surface area (Å²) >= 11 is 0. The van der Waals surface area contributed by atoms with Crippen LogP contribution < -0.4 is 5.32 Å². The second-order valence-electron chi connectivity index (χ2n) is 6.85. The predicted octanol–water partition coefficient (Wildman–Crippen LogP) is 2.88. The van der Waals surface area contributed by atoms with Crippen LogP contribution in [-0.4, -0.2) is 29.4 Å². The molecule has 1 amide bonds. The van der Waals surface area contributed by atoms with Gasteiger partial charge in [0.25, 0.3) is 0 Å². The van der Waals surface area contributed by atoms with E-state index in [4.69, 9.17) is 0 Å². The molecule has 1 N–H and O–H groups in total. The van der Waals surface area contributed by atoms with Crippen molar-refractivity contribution in [2.75, 3.05) is 6.54 Å². The molecule has 3 nitrogen and oxygen atoms in total. The average molecular weight is 284 g/mol. The maximum atomic E-state index is 12.6. The van der Waals surface area contributed by atoms with E-state index in [0.717, 1.165) is 13.0 Å². The Morgan fingerprint density at radius 2 is 1.90 bits per heavy atom. The Morgan fingerprint density at radius 1 is 1.10 bits per heavy atom. The molecular weight excluding hydrogens is 260 g/mol. The SMILES string of the molecule is O=C(NC1CCC1)[C@H]1C[C@@H](c2ccccc2)N2CCC[C@H]12. The molecule has 3 aliphatic rings. The highest BCUT2D eigenvalue weighted by Gasteiger charge is 2.47. The van der Waals surface area contributed by atoms with Crippen LogP contribution in [0.2, 0.25) is 0 Å². The molecule has 0 radical (unpaired) electrons. The lowest BCUT2D eigenvalue weighted by Gasteiger charge is -2.29. The molecule has 4 rings (SSSR count). The lowest BCUT2D eigenvalue weighted by Crippen LogP contribution is -2.45. The Bertz CT molecular complexity index is 511. The summed E-state index contributed by atoms with van der Waals surface area (Å²) in [7, 11) is 0. The van der Waals surface area contributed by atoms with E-state index in [2.05, 4.69) is 40.5 Å². The van der Waals surface area contributed by atoms with Crippen LogP contribution in [0.4, 0.5) is 0 Å². The van der Waals surface area contributed by atoms with Crippen molar-refractivity contribution in [1.82, 2.24) is 10.2 Å². The number of nitrogens with zero attached hydrogens (tertiary/aromatic N) is 1. The molecule has 1 aromatic carbocycles. The Morgan fingerprint density at radius 3 is 2.62 bits per heavy atom. The first-order valence-corrected chi connectivity index (χ1v) is 8.44. The Hall–Kier alpha value is -1.35. The van der Waals surface area contributed by atoms with Gasteiger partial charge >= 0.3 is 0 Å². The summed E-state index contributed by atoms with van der Waals surface area (Å²) in [6.45, 7) is 1.15. The fourth-order valence-corrected chi connectivity index (χ4v) is 4.31. The molecule has 1 aromatic rings. The van der Waals surface area contributed by atoms with Crippen LogP contribution in [0.1, 0.15) is 50.1 Å². The van der Waals surface area contributed by atoms with Crippen molar-refractivity contribution in [3.05, 3.63) is 35.9 Å². The Labute approximate surface area is 126 Å². The minimum Gasteiger partial charge on any atom is -0.353 e. The van der Waals surface area contributed by atoms with Crippen LogP contribution in [0.3, 0.4) is 0 Å². The summed E-state index contributed by atoms with van der Waals surface area (Å²) in [6.07, 6.45) is 7.04. The molecule has 2 aliphatic heterocycles. The zero-order valence-corrected chi connectivity index (χ0v) is 12.5. The van der Waals surface area contributed by atoms with Crippen LogP contribution >= 0.6 is 0 Å². The molecule has 0 aromatic heterocycles. The third kappa shape index (κ3) is 2.38. The summed E-state index contributed by atoms with van der Waals surface area (Å²) in [5.41, 5.74) is 1.38. The molecular formula is C18H24N2O. The smallest absolute Gasteiger partial charge is 0.224 e. The van der Waals surface area contributed by atoms with Crippen LogP contribution in [0.15, 0.2) is 30.3 Å². The number of hydrogen-bond acceptors (Lipinski definition) is 2. The van der Waals surface area contributed by atoms with Gasteiger partial charge in [-0.3, -0.25) is 9.69 Å². The maximum Gasteiger partial charge on any atom is 0.224 e. The van der Waals surface area contributed by atoms with E-state index >= 15 is 0 Å². The molecule has 3 fully saturated rings. The standard InChI is InChI=1S/C18H24N2O/c21-18(19-14-8-4-9-14)15-12-17(13-6-2-1-3-7-13)20-11-5-10-16(15)20/h1-3,6-7,14-17H,4-5,8-12H2,(H,19,21)/t15-,16+,17-/m0/s1. The normalized spacial score (nSPS) is 32.7. The van der Waals surface area contributed by atoms with Gasteiger partial charge in [-0.25, -0.2) is 0 Å². The molecule has 0 unspecified atom stereocenters. The zero-order chi connectivity index (χ0) is 14.2. The van der Waals surface area contributed by atoms with E-state index in [1.165, 1.54) is 37.7 Å². The zero-order valence-electron chi connectivity index (χ0n) is 12.5. The van der Waals surface area contributed by atoms with E-state index in [1.54, 1.807) is 0 Å². The van der Waals surface area contributed by atoms with Crippen molar-refractivity contribution >= 4 is 5.91 Å². The van der Waals surface area contributed by atoms with Gasteiger partial charge in [-0.05, 0) is 50.6 Å². The highest BCUT2D eigenvalue weighted by Crippen LogP contribution is 2.45. The number of benzene rings is 1. The largest absolute Gasteiger partial charge is 0.353 e. The highest BCUT2D eigenvalue weighted by molar-refractivity contribution is 5.80. The number of rotatable bonds is 3. The van der Waals surface area contributed by atoms with E-state index in [-0.39, 0.29) is 5.92 Å². The van der Waals surface area contributed by atoms with Crippen LogP contribution in [0.5, 0.6) is 0 Å². The minimum absolute atomic E-state index is 0.193. The number of amides is 1. The van der Waals surface area contributed by atoms with Crippen molar-refractivity contribution in [1.29, 1.82) is 0 Å². The van der Waals surface area contributed by atoms with Crippen LogP contribution in [0.25, 0.3) is 0 Å².